The second-order valence-electron chi connectivity index (χ2n) is 5.27. The molecule has 0 fully saturated rings. The van der Waals surface area contributed by atoms with Crippen molar-refractivity contribution in [1.29, 1.82) is 0 Å². The first-order chi connectivity index (χ1) is 10.7. The highest BCUT2D eigenvalue weighted by Gasteiger charge is 2.17. The second kappa shape index (κ2) is 7.61. The standard InChI is InChI=1S/C18H22N2O2/c1-2-16(13-21)20(17-6-4-3-5-7-17)12-14-8-10-15(11-9-14)18(19)22/h3-11,16,21H,2,12-13H2,1H3,(H2,19,22). The lowest BCUT2D eigenvalue weighted by Gasteiger charge is -2.32. The molecule has 4 nitrogen and oxygen atoms in total. The highest BCUT2D eigenvalue weighted by molar-refractivity contribution is 5.92. The number of anilines is 1. The van der Waals surface area contributed by atoms with Crippen molar-refractivity contribution >= 4 is 11.6 Å². The minimum Gasteiger partial charge on any atom is -0.394 e. The van der Waals surface area contributed by atoms with Crippen molar-refractivity contribution in [1.82, 2.24) is 0 Å². The van der Waals surface area contributed by atoms with Crippen molar-refractivity contribution in [3.05, 3.63) is 65.7 Å². The van der Waals surface area contributed by atoms with Crippen LogP contribution in [0.15, 0.2) is 54.6 Å². The fourth-order valence-corrected chi connectivity index (χ4v) is 2.47. The normalized spacial score (nSPS) is 11.9. The third kappa shape index (κ3) is 3.86. The average Bonchev–Trinajstić information content (AvgIpc) is 2.56. The maximum Gasteiger partial charge on any atom is 0.248 e. The molecule has 116 valence electrons. The highest BCUT2D eigenvalue weighted by Crippen LogP contribution is 2.21. The van der Waals surface area contributed by atoms with Crippen molar-refractivity contribution in [2.75, 3.05) is 11.5 Å². The van der Waals surface area contributed by atoms with Gasteiger partial charge in [-0.05, 0) is 36.2 Å². The summed E-state index contributed by atoms with van der Waals surface area (Å²) < 4.78 is 0. The van der Waals surface area contributed by atoms with E-state index in [9.17, 15) is 9.90 Å². The Balaban J connectivity index is 2.24. The van der Waals surface area contributed by atoms with Crippen LogP contribution >= 0.6 is 0 Å². The molecule has 2 aromatic rings. The number of nitrogens with two attached hydrogens (primary N) is 1. The molecular formula is C18H22N2O2. The lowest BCUT2D eigenvalue weighted by molar-refractivity contribution is 0.100. The van der Waals surface area contributed by atoms with Gasteiger partial charge in [-0.3, -0.25) is 4.79 Å². The molecule has 0 bridgehead atoms. The quantitative estimate of drug-likeness (QED) is 0.825. The van der Waals surface area contributed by atoms with Crippen LogP contribution in [0, 0.1) is 0 Å². The van der Waals surface area contributed by atoms with Crippen LogP contribution in [0.2, 0.25) is 0 Å². The molecule has 0 saturated carbocycles. The van der Waals surface area contributed by atoms with Crippen molar-refractivity contribution in [2.24, 2.45) is 5.73 Å². The monoisotopic (exact) mass is 298 g/mol. The van der Waals surface area contributed by atoms with E-state index in [-0.39, 0.29) is 12.6 Å². The molecule has 3 N–H and O–H groups in total. The van der Waals surface area contributed by atoms with E-state index in [0.717, 1.165) is 17.7 Å². The molecule has 0 aliphatic rings. The molecule has 0 saturated heterocycles. The number of aliphatic hydroxyl groups is 1. The third-order valence-corrected chi connectivity index (χ3v) is 3.80. The molecule has 4 heteroatoms. The van der Waals surface area contributed by atoms with Gasteiger partial charge in [0.05, 0.1) is 12.6 Å². The zero-order valence-corrected chi connectivity index (χ0v) is 12.8. The Bertz CT molecular complexity index is 592. The topological polar surface area (TPSA) is 66.6 Å². The zero-order valence-electron chi connectivity index (χ0n) is 12.8. The fraction of sp³-hybridized carbons (Fsp3) is 0.278. The van der Waals surface area contributed by atoms with Gasteiger partial charge in [-0.2, -0.15) is 0 Å². The molecule has 1 atom stereocenters. The highest BCUT2D eigenvalue weighted by atomic mass is 16.3. The van der Waals surface area contributed by atoms with E-state index in [1.165, 1.54) is 0 Å². The lowest BCUT2D eigenvalue weighted by Crippen LogP contribution is -2.37. The summed E-state index contributed by atoms with van der Waals surface area (Å²) in [6.07, 6.45) is 0.852. The summed E-state index contributed by atoms with van der Waals surface area (Å²) in [4.78, 5) is 13.3. The van der Waals surface area contributed by atoms with Crippen LogP contribution in [0.1, 0.15) is 29.3 Å². The molecular weight excluding hydrogens is 276 g/mol. The van der Waals surface area contributed by atoms with Crippen LogP contribution in [-0.4, -0.2) is 23.7 Å². The van der Waals surface area contributed by atoms with Gasteiger partial charge in [-0.15, -0.1) is 0 Å². The molecule has 2 rings (SSSR count). The summed E-state index contributed by atoms with van der Waals surface area (Å²) in [5.74, 6) is -0.423. The van der Waals surface area contributed by atoms with Crippen LogP contribution < -0.4 is 10.6 Å². The molecule has 1 amide bonds. The van der Waals surface area contributed by atoms with Gasteiger partial charge in [0.25, 0.3) is 0 Å². The predicted molar refractivity (Wildman–Crippen MR) is 88.7 cm³/mol. The Labute approximate surface area is 131 Å². The van der Waals surface area contributed by atoms with Crippen LogP contribution in [-0.2, 0) is 6.54 Å². The van der Waals surface area contributed by atoms with E-state index in [2.05, 4.69) is 11.8 Å². The largest absolute Gasteiger partial charge is 0.394 e. The maximum atomic E-state index is 11.1. The molecule has 0 heterocycles. The summed E-state index contributed by atoms with van der Waals surface area (Å²) in [6.45, 7) is 2.83. The summed E-state index contributed by atoms with van der Waals surface area (Å²) in [5.41, 5.74) is 7.91. The van der Waals surface area contributed by atoms with Gasteiger partial charge < -0.3 is 15.7 Å². The Hall–Kier alpha value is -2.33. The van der Waals surface area contributed by atoms with E-state index < -0.39 is 5.91 Å². The van der Waals surface area contributed by atoms with Crippen LogP contribution in [0.3, 0.4) is 0 Å². The smallest absolute Gasteiger partial charge is 0.248 e. The first-order valence-electron chi connectivity index (χ1n) is 7.47. The van der Waals surface area contributed by atoms with E-state index >= 15 is 0 Å². The van der Waals surface area contributed by atoms with Crippen LogP contribution in [0.5, 0.6) is 0 Å². The Kier molecular flexibility index (Phi) is 5.55. The zero-order chi connectivity index (χ0) is 15.9. The molecule has 0 aliphatic carbocycles. The molecule has 0 spiro atoms. The summed E-state index contributed by atoms with van der Waals surface area (Å²) in [6, 6.07) is 17.4. The number of carbonyl (C=O) groups excluding carboxylic acids is 1. The van der Waals surface area contributed by atoms with E-state index in [0.29, 0.717) is 12.1 Å². The number of nitrogens with zero attached hydrogens (tertiary/aromatic N) is 1. The number of amides is 1. The number of aliphatic hydroxyl groups excluding tert-OH is 1. The third-order valence-electron chi connectivity index (χ3n) is 3.80. The number of para-hydroxylation sites is 1. The molecule has 1 unspecified atom stereocenters. The van der Waals surface area contributed by atoms with E-state index in [4.69, 9.17) is 5.73 Å². The molecule has 0 aromatic heterocycles. The number of carbonyl (C=O) groups is 1. The Morgan fingerprint density at radius 3 is 2.27 bits per heavy atom. The number of rotatable bonds is 7. The summed E-state index contributed by atoms with van der Waals surface area (Å²) in [7, 11) is 0. The van der Waals surface area contributed by atoms with E-state index in [1.54, 1.807) is 12.1 Å². The van der Waals surface area contributed by atoms with Crippen molar-refractivity contribution in [3.63, 3.8) is 0 Å². The van der Waals surface area contributed by atoms with Gasteiger partial charge in [0, 0.05) is 17.8 Å². The van der Waals surface area contributed by atoms with Crippen LogP contribution in [0.4, 0.5) is 5.69 Å². The molecule has 0 radical (unpaired) electrons. The second-order valence-corrected chi connectivity index (χ2v) is 5.27. The van der Waals surface area contributed by atoms with Crippen molar-refractivity contribution in [3.8, 4) is 0 Å². The SMILES string of the molecule is CCC(CO)N(Cc1ccc(C(N)=O)cc1)c1ccccc1. The first kappa shape index (κ1) is 16.0. The fourth-order valence-electron chi connectivity index (χ4n) is 2.47. The van der Waals surface area contributed by atoms with Gasteiger partial charge in [0.1, 0.15) is 0 Å². The van der Waals surface area contributed by atoms with Crippen LogP contribution in [0.25, 0.3) is 0 Å². The number of primary amides is 1. The van der Waals surface area contributed by atoms with E-state index in [1.807, 2.05) is 42.5 Å². The summed E-state index contributed by atoms with van der Waals surface area (Å²) in [5, 5.41) is 9.65. The minimum absolute atomic E-state index is 0.0539. The van der Waals surface area contributed by atoms with Gasteiger partial charge in [0.2, 0.25) is 5.91 Å². The number of hydrogen-bond donors (Lipinski definition) is 2. The average molecular weight is 298 g/mol. The molecule has 2 aromatic carbocycles. The lowest BCUT2D eigenvalue weighted by atomic mass is 10.1. The predicted octanol–water partition coefficient (Wildman–Crippen LogP) is 2.56. The minimum atomic E-state index is -0.423. The molecule has 0 aliphatic heterocycles. The first-order valence-corrected chi connectivity index (χ1v) is 7.47. The number of benzene rings is 2. The van der Waals surface area contributed by atoms with Crippen molar-refractivity contribution in [2.45, 2.75) is 25.9 Å². The van der Waals surface area contributed by atoms with Gasteiger partial charge in [0.15, 0.2) is 0 Å². The van der Waals surface area contributed by atoms with Gasteiger partial charge >= 0.3 is 0 Å². The van der Waals surface area contributed by atoms with Gasteiger partial charge in [-0.25, -0.2) is 0 Å². The molecule has 22 heavy (non-hydrogen) atoms. The van der Waals surface area contributed by atoms with Crippen molar-refractivity contribution < 1.29 is 9.90 Å². The van der Waals surface area contributed by atoms with Gasteiger partial charge in [-0.1, -0.05) is 37.3 Å². The summed E-state index contributed by atoms with van der Waals surface area (Å²) >= 11 is 0. The number of hydrogen-bond acceptors (Lipinski definition) is 3. The Morgan fingerprint density at radius 1 is 1.14 bits per heavy atom. The Morgan fingerprint density at radius 2 is 1.77 bits per heavy atom. The maximum absolute atomic E-state index is 11.1.